The Morgan fingerprint density at radius 1 is 0.750 bits per heavy atom. The van der Waals surface area contributed by atoms with Crippen molar-refractivity contribution in [2.45, 2.75) is 74.9 Å². The fraction of sp³-hybridized carbons (Fsp3) is 0.500. The number of para-hydroxylation sites is 1. The molecule has 16 nitrogen and oxygen atoms in total. The Labute approximate surface area is 250 Å². The summed E-state index contributed by atoms with van der Waals surface area (Å²) in [4.78, 5) is 24.8. The number of esters is 2. The quantitative estimate of drug-likeness (QED) is 0.129. The predicted molar refractivity (Wildman–Crippen MR) is 142 cm³/mol. The Balaban J connectivity index is 1.51. The van der Waals surface area contributed by atoms with Crippen LogP contribution in [0.1, 0.15) is 22.8 Å². The van der Waals surface area contributed by atoms with Crippen molar-refractivity contribution in [3.8, 4) is 17.2 Å². The van der Waals surface area contributed by atoms with Gasteiger partial charge in [-0.1, -0.05) is 24.3 Å². The van der Waals surface area contributed by atoms with Crippen molar-refractivity contribution >= 4 is 11.9 Å². The minimum atomic E-state index is -1.73. The molecule has 2 aromatic carbocycles. The highest BCUT2D eigenvalue weighted by molar-refractivity contribution is 5.95. The fourth-order valence-electron chi connectivity index (χ4n) is 4.66. The molecule has 0 amide bonds. The number of aliphatic hydroxyl groups excluding tert-OH is 7. The summed E-state index contributed by atoms with van der Waals surface area (Å²) < 4.78 is 32.7. The molecule has 0 saturated carbocycles. The Bertz CT molecular complexity index is 1290. The highest BCUT2D eigenvalue weighted by atomic mass is 16.7. The van der Waals surface area contributed by atoms with Gasteiger partial charge in [-0.3, -0.25) is 4.79 Å². The molecule has 16 heteroatoms. The molecule has 0 bridgehead atoms. The number of benzene rings is 2. The van der Waals surface area contributed by atoms with E-state index in [1.54, 1.807) is 12.1 Å². The van der Waals surface area contributed by atoms with Crippen molar-refractivity contribution in [2.75, 3.05) is 13.2 Å². The van der Waals surface area contributed by atoms with Crippen LogP contribution in [0.25, 0.3) is 0 Å². The third kappa shape index (κ3) is 7.20. The van der Waals surface area contributed by atoms with E-state index in [1.165, 1.54) is 30.3 Å². The smallest absolute Gasteiger partial charge is 0.346 e. The molecule has 2 saturated heterocycles. The maximum Gasteiger partial charge on any atom is 0.346 e. The van der Waals surface area contributed by atoms with Crippen molar-refractivity contribution in [3.63, 3.8) is 0 Å². The summed E-state index contributed by atoms with van der Waals surface area (Å²) in [5, 5.41) is 80.5. The number of hydrogen-bond donors (Lipinski definition) is 8. The van der Waals surface area contributed by atoms with Crippen LogP contribution < -0.4 is 9.47 Å². The van der Waals surface area contributed by atoms with Gasteiger partial charge in [0.05, 0.1) is 13.2 Å². The summed E-state index contributed by atoms with van der Waals surface area (Å²) in [6.07, 6.45) is -15.6. The number of aromatic hydroxyl groups is 1. The molecule has 242 valence electrons. The molecule has 0 radical (unpaired) electrons. The molecule has 2 aromatic rings. The third-order valence-corrected chi connectivity index (χ3v) is 7.00. The SMILES string of the molecule is CC(=O)O[C@H]1[C@H](Oc2cccc(O)c2C(=O)OCc2ccccc2O[C@@H]2O[C@H](CO)[C@@H](O)[C@H](O)[C@H]2O)O[C@H](CO)[C@@H](O)[C@@H]1O. The standard InChI is InChI=1S/C28H34O16/c1-12(31)40-25-23(36)21(34)18(10-30)44-28(25)42-16-8-4-6-14(32)19(16)26(38)39-11-13-5-2-3-7-15(13)41-27-24(37)22(35)20(33)17(9-29)43-27/h2-8,17-18,20-25,27-30,32-37H,9-11H2,1H3/t17-,18-,20-,21-,22+,23+,24-,25-,27-,28-/m1/s1. The van der Waals surface area contributed by atoms with E-state index in [0.717, 1.165) is 6.92 Å². The van der Waals surface area contributed by atoms with Crippen LogP contribution in [-0.2, 0) is 30.3 Å². The second kappa shape index (κ2) is 14.5. The minimum Gasteiger partial charge on any atom is -0.507 e. The van der Waals surface area contributed by atoms with Crippen LogP contribution in [0.5, 0.6) is 17.2 Å². The second-order valence-electron chi connectivity index (χ2n) is 10.0. The normalized spacial score (nSPS) is 32.0. The molecule has 8 N–H and O–H groups in total. The topological polar surface area (TPSA) is 251 Å². The van der Waals surface area contributed by atoms with Gasteiger partial charge in [-0.15, -0.1) is 0 Å². The number of aliphatic hydroxyl groups is 7. The molecular formula is C28H34O16. The molecule has 0 unspecified atom stereocenters. The first-order valence-electron chi connectivity index (χ1n) is 13.5. The lowest BCUT2D eigenvalue weighted by molar-refractivity contribution is -0.281. The number of hydrogen-bond acceptors (Lipinski definition) is 16. The van der Waals surface area contributed by atoms with Crippen LogP contribution in [0.4, 0.5) is 0 Å². The Kier molecular flexibility index (Phi) is 11.0. The van der Waals surface area contributed by atoms with Gasteiger partial charge in [0.15, 0.2) is 6.10 Å². The summed E-state index contributed by atoms with van der Waals surface area (Å²) in [7, 11) is 0. The third-order valence-electron chi connectivity index (χ3n) is 7.00. The average Bonchev–Trinajstić information content (AvgIpc) is 3.00. The molecular weight excluding hydrogens is 592 g/mol. The Morgan fingerprint density at radius 2 is 1.34 bits per heavy atom. The number of carbonyl (C=O) groups excluding carboxylic acids is 2. The van der Waals surface area contributed by atoms with E-state index in [0.29, 0.717) is 0 Å². The van der Waals surface area contributed by atoms with Crippen LogP contribution in [0.3, 0.4) is 0 Å². The van der Waals surface area contributed by atoms with Crippen molar-refractivity contribution in [2.24, 2.45) is 0 Å². The Hall–Kier alpha value is -3.58. The van der Waals surface area contributed by atoms with Crippen LogP contribution in [0, 0.1) is 0 Å². The molecule has 2 heterocycles. The van der Waals surface area contributed by atoms with Crippen LogP contribution in [0.2, 0.25) is 0 Å². The van der Waals surface area contributed by atoms with E-state index >= 15 is 0 Å². The van der Waals surface area contributed by atoms with Crippen molar-refractivity contribution in [1.82, 2.24) is 0 Å². The first-order chi connectivity index (χ1) is 21.0. The van der Waals surface area contributed by atoms with Gasteiger partial charge in [-0.2, -0.15) is 0 Å². The van der Waals surface area contributed by atoms with Gasteiger partial charge in [0.1, 0.15) is 72.1 Å². The van der Waals surface area contributed by atoms with E-state index in [1.807, 2.05) is 0 Å². The first kappa shape index (κ1) is 33.3. The van der Waals surface area contributed by atoms with E-state index in [9.17, 15) is 50.4 Å². The molecule has 0 aliphatic carbocycles. The van der Waals surface area contributed by atoms with Crippen LogP contribution in [0.15, 0.2) is 42.5 Å². The van der Waals surface area contributed by atoms with Gasteiger partial charge < -0.3 is 69.3 Å². The number of phenolic OH excluding ortho intramolecular Hbond substituents is 1. The largest absolute Gasteiger partial charge is 0.507 e. The lowest BCUT2D eigenvalue weighted by Gasteiger charge is -2.41. The predicted octanol–water partition coefficient (Wildman–Crippen LogP) is -2.32. The maximum absolute atomic E-state index is 13.2. The van der Waals surface area contributed by atoms with Gasteiger partial charge in [0.2, 0.25) is 12.6 Å². The van der Waals surface area contributed by atoms with E-state index in [-0.39, 0.29) is 17.1 Å². The van der Waals surface area contributed by atoms with Crippen LogP contribution in [-0.4, -0.2) is 127 Å². The average molecular weight is 627 g/mol. The van der Waals surface area contributed by atoms with Gasteiger partial charge in [0, 0.05) is 12.5 Å². The summed E-state index contributed by atoms with van der Waals surface area (Å²) in [6.45, 7) is -0.800. The number of rotatable bonds is 10. The van der Waals surface area contributed by atoms with Crippen molar-refractivity contribution < 1.29 is 78.9 Å². The highest BCUT2D eigenvalue weighted by Crippen LogP contribution is 2.33. The van der Waals surface area contributed by atoms with E-state index in [4.69, 9.17) is 28.4 Å². The minimum absolute atomic E-state index is 0.0563. The van der Waals surface area contributed by atoms with Gasteiger partial charge >= 0.3 is 11.9 Å². The van der Waals surface area contributed by atoms with Gasteiger partial charge in [-0.25, -0.2) is 4.79 Å². The lowest BCUT2D eigenvalue weighted by atomic mass is 9.99. The molecule has 2 fully saturated rings. The summed E-state index contributed by atoms with van der Waals surface area (Å²) in [5.74, 6) is -2.78. The molecule has 2 aliphatic heterocycles. The zero-order valence-corrected chi connectivity index (χ0v) is 23.3. The molecule has 44 heavy (non-hydrogen) atoms. The second-order valence-corrected chi connectivity index (χ2v) is 10.0. The fourth-order valence-corrected chi connectivity index (χ4v) is 4.66. The van der Waals surface area contributed by atoms with Crippen molar-refractivity contribution in [3.05, 3.63) is 53.6 Å². The van der Waals surface area contributed by atoms with Gasteiger partial charge in [-0.05, 0) is 18.2 Å². The monoisotopic (exact) mass is 626 g/mol. The van der Waals surface area contributed by atoms with Crippen molar-refractivity contribution in [1.29, 1.82) is 0 Å². The zero-order chi connectivity index (χ0) is 32.1. The molecule has 2 aliphatic rings. The molecule has 0 aromatic heterocycles. The molecule has 0 spiro atoms. The first-order valence-corrected chi connectivity index (χ1v) is 13.5. The molecule has 10 atom stereocenters. The number of ether oxygens (including phenoxy) is 6. The van der Waals surface area contributed by atoms with E-state index in [2.05, 4.69) is 0 Å². The summed E-state index contributed by atoms with van der Waals surface area (Å²) >= 11 is 0. The Morgan fingerprint density at radius 3 is 2.00 bits per heavy atom. The zero-order valence-electron chi connectivity index (χ0n) is 23.3. The van der Waals surface area contributed by atoms with Crippen LogP contribution >= 0.6 is 0 Å². The van der Waals surface area contributed by atoms with E-state index < -0.39 is 104 Å². The number of phenols is 1. The lowest BCUT2D eigenvalue weighted by Crippen LogP contribution is -2.61. The maximum atomic E-state index is 13.2. The van der Waals surface area contributed by atoms with Gasteiger partial charge in [0.25, 0.3) is 0 Å². The number of carbonyl (C=O) groups is 2. The summed E-state index contributed by atoms with van der Waals surface area (Å²) in [5.41, 5.74) is -0.227. The summed E-state index contributed by atoms with van der Waals surface area (Å²) in [6, 6.07) is 9.86. The molecule has 4 rings (SSSR count). The highest BCUT2D eigenvalue weighted by Gasteiger charge is 2.48.